The first-order valence-electron chi connectivity index (χ1n) is 9.75. The second-order valence-electron chi connectivity index (χ2n) is 7.41. The van der Waals surface area contributed by atoms with Crippen LogP contribution in [0.5, 0.6) is 0 Å². The van der Waals surface area contributed by atoms with Crippen LogP contribution in [0.15, 0.2) is 66.7 Å². The van der Waals surface area contributed by atoms with Gasteiger partial charge in [-0.2, -0.15) is 0 Å². The van der Waals surface area contributed by atoms with Crippen LogP contribution in [0.4, 0.5) is 13.2 Å². The first-order valence-corrected chi connectivity index (χ1v) is 9.75. The Balaban J connectivity index is 1.80. The lowest BCUT2D eigenvalue weighted by molar-refractivity contribution is 0.590. The highest BCUT2D eigenvalue weighted by molar-refractivity contribution is 5.89. The molecule has 0 aromatic heterocycles. The number of fused-ring (bicyclic) bond motifs is 1. The van der Waals surface area contributed by atoms with Gasteiger partial charge in [0.2, 0.25) is 0 Å². The third-order valence-corrected chi connectivity index (χ3v) is 5.25. The second kappa shape index (κ2) is 7.75. The van der Waals surface area contributed by atoms with Crippen molar-refractivity contribution in [3.63, 3.8) is 0 Å². The van der Waals surface area contributed by atoms with Crippen LogP contribution in [-0.4, -0.2) is 0 Å². The van der Waals surface area contributed by atoms with Crippen LogP contribution in [0.3, 0.4) is 0 Å². The van der Waals surface area contributed by atoms with E-state index >= 15 is 4.39 Å². The van der Waals surface area contributed by atoms with Crippen molar-refractivity contribution >= 4 is 10.8 Å². The Morgan fingerprint density at radius 2 is 1.41 bits per heavy atom. The number of aryl methyl sites for hydroxylation is 2. The summed E-state index contributed by atoms with van der Waals surface area (Å²) in [7, 11) is 0. The Morgan fingerprint density at radius 3 is 2.07 bits per heavy atom. The van der Waals surface area contributed by atoms with Crippen LogP contribution in [0.25, 0.3) is 33.0 Å². The molecule has 0 radical (unpaired) electrons. The molecule has 4 aromatic carbocycles. The fourth-order valence-electron chi connectivity index (χ4n) is 3.73. The molecule has 0 aliphatic rings. The third-order valence-electron chi connectivity index (χ3n) is 5.25. The molecule has 0 saturated heterocycles. The number of halogens is 3. The molecule has 146 valence electrons. The zero-order chi connectivity index (χ0) is 20.5. The van der Waals surface area contributed by atoms with E-state index in [1.807, 2.05) is 19.1 Å². The van der Waals surface area contributed by atoms with E-state index in [0.717, 1.165) is 29.4 Å². The molecule has 0 N–H and O–H groups in total. The first-order chi connectivity index (χ1) is 14.0. The highest BCUT2D eigenvalue weighted by atomic mass is 19.1. The lowest BCUT2D eigenvalue weighted by Crippen LogP contribution is -1.95. The third kappa shape index (κ3) is 3.65. The van der Waals surface area contributed by atoms with E-state index in [1.54, 1.807) is 42.5 Å². The maximum atomic E-state index is 15.2. The summed E-state index contributed by atoms with van der Waals surface area (Å²) >= 11 is 0. The van der Waals surface area contributed by atoms with Crippen molar-refractivity contribution < 1.29 is 13.2 Å². The van der Waals surface area contributed by atoms with Crippen molar-refractivity contribution in [2.24, 2.45) is 0 Å². The van der Waals surface area contributed by atoms with Crippen LogP contribution >= 0.6 is 0 Å². The maximum Gasteiger partial charge on any atom is 0.138 e. The Hall–Kier alpha value is -3.07. The van der Waals surface area contributed by atoms with Crippen LogP contribution in [0.2, 0.25) is 0 Å². The molecule has 0 aliphatic carbocycles. The van der Waals surface area contributed by atoms with Crippen LogP contribution < -0.4 is 0 Å². The summed E-state index contributed by atoms with van der Waals surface area (Å²) in [6.07, 6.45) is 1.94. The van der Waals surface area contributed by atoms with E-state index < -0.39 is 17.5 Å². The Labute approximate surface area is 168 Å². The minimum Gasteiger partial charge on any atom is -0.206 e. The number of hydrogen-bond donors (Lipinski definition) is 0. The topological polar surface area (TPSA) is 0 Å². The summed E-state index contributed by atoms with van der Waals surface area (Å²) in [6.45, 7) is 4.00. The van der Waals surface area contributed by atoms with Gasteiger partial charge in [-0.05, 0) is 47.6 Å². The molecule has 4 aromatic rings. The Kier molecular flexibility index (Phi) is 5.14. The lowest BCUT2D eigenvalue weighted by Gasteiger charge is -2.12. The second-order valence-corrected chi connectivity index (χ2v) is 7.41. The zero-order valence-corrected chi connectivity index (χ0v) is 16.4. The molecule has 0 heterocycles. The Bertz CT molecular complexity index is 1170. The van der Waals surface area contributed by atoms with Gasteiger partial charge in [0.1, 0.15) is 17.5 Å². The molecule has 0 saturated carbocycles. The fourth-order valence-corrected chi connectivity index (χ4v) is 3.73. The minimum atomic E-state index is -0.707. The quantitative estimate of drug-likeness (QED) is 0.333. The monoisotopic (exact) mass is 390 g/mol. The smallest absolute Gasteiger partial charge is 0.138 e. The highest BCUT2D eigenvalue weighted by Gasteiger charge is 2.17. The molecule has 4 rings (SSSR count). The van der Waals surface area contributed by atoms with Crippen molar-refractivity contribution in [1.29, 1.82) is 0 Å². The highest BCUT2D eigenvalue weighted by Crippen LogP contribution is 2.34. The van der Waals surface area contributed by atoms with E-state index in [2.05, 4.69) is 6.92 Å². The van der Waals surface area contributed by atoms with Gasteiger partial charge in [0.25, 0.3) is 0 Å². The van der Waals surface area contributed by atoms with Crippen molar-refractivity contribution in [2.45, 2.75) is 26.7 Å². The molecular weight excluding hydrogens is 369 g/mol. The van der Waals surface area contributed by atoms with Crippen molar-refractivity contribution in [3.05, 3.63) is 95.3 Å². The molecule has 0 aliphatic heterocycles. The van der Waals surface area contributed by atoms with Gasteiger partial charge >= 0.3 is 0 Å². The predicted molar refractivity (Wildman–Crippen MR) is 113 cm³/mol. The van der Waals surface area contributed by atoms with Gasteiger partial charge in [0.05, 0.1) is 5.56 Å². The summed E-state index contributed by atoms with van der Waals surface area (Å²) in [5, 5.41) is 1.24. The molecule has 0 bridgehead atoms. The van der Waals surface area contributed by atoms with Crippen LogP contribution in [0.1, 0.15) is 24.5 Å². The van der Waals surface area contributed by atoms with Gasteiger partial charge in [-0.1, -0.05) is 73.5 Å². The number of hydrogen-bond acceptors (Lipinski definition) is 0. The normalized spacial score (nSPS) is 11.2. The molecular formula is C26H21F3. The standard InChI is InChI=1S/C26H21F3/c1-3-4-17-7-11-21-19(13-17)10-12-22(26(21)29)20-14-23(27)25(24(28)15-20)18-8-5-16(2)6-9-18/h5-15H,3-4H2,1-2H3. The SMILES string of the molecule is CCCc1ccc2c(F)c(-c3cc(F)c(-c4ccc(C)cc4)c(F)c3)ccc2c1. The van der Waals surface area contributed by atoms with Gasteiger partial charge < -0.3 is 0 Å². The van der Waals surface area contributed by atoms with Gasteiger partial charge in [0.15, 0.2) is 0 Å². The maximum absolute atomic E-state index is 15.2. The number of rotatable bonds is 4. The van der Waals surface area contributed by atoms with E-state index in [9.17, 15) is 8.78 Å². The minimum absolute atomic E-state index is 0.0980. The predicted octanol–water partition coefficient (Wildman–Crippen LogP) is 7.85. The van der Waals surface area contributed by atoms with Crippen molar-refractivity contribution in [1.82, 2.24) is 0 Å². The largest absolute Gasteiger partial charge is 0.206 e. The van der Waals surface area contributed by atoms with Gasteiger partial charge in [-0.3, -0.25) is 0 Å². The summed E-state index contributed by atoms with van der Waals surface area (Å²) < 4.78 is 44.8. The summed E-state index contributed by atoms with van der Waals surface area (Å²) in [6, 6.07) is 18.4. The molecule has 3 heteroatoms. The Morgan fingerprint density at radius 1 is 0.724 bits per heavy atom. The number of benzene rings is 4. The molecule has 0 spiro atoms. The zero-order valence-electron chi connectivity index (χ0n) is 16.4. The van der Waals surface area contributed by atoms with Gasteiger partial charge in [0, 0.05) is 10.9 Å². The van der Waals surface area contributed by atoms with E-state index in [1.165, 1.54) is 12.1 Å². The molecule has 29 heavy (non-hydrogen) atoms. The summed E-state index contributed by atoms with van der Waals surface area (Å²) in [5.41, 5.74) is 2.89. The van der Waals surface area contributed by atoms with Crippen molar-refractivity contribution in [2.75, 3.05) is 0 Å². The molecule has 0 unspecified atom stereocenters. The summed E-state index contributed by atoms with van der Waals surface area (Å²) in [4.78, 5) is 0. The van der Waals surface area contributed by atoms with E-state index in [0.29, 0.717) is 10.9 Å². The van der Waals surface area contributed by atoms with Gasteiger partial charge in [-0.15, -0.1) is 0 Å². The van der Waals surface area contributed by atoms with Crippen LogP contribution in [0, 0.1) is 24.4 Å². The van der Waals surface area contributed by atoms with Crippen LogP contribution in [-0.2, 0) is 6.42 Å². The van der Waals surface area contributed by atoms with E-state index in [4.69, 9.17) is 0 Å². The molecule has 0 amide bonds. The molecule has 0 fully saturated rings. The molecule has 0 atom stereocenters. The van der Waals surface area contributed by atoms with E-state index in [-0.39, 0.29) is 16.7 Å². The molecule has 0 nitrogen and oxygen atoms in total. The lowest BCUT2D eigenvalue weighted by atomic mass is 9.95. The average molecular weight is 390 g/mol. The average Bonchev–Trinajstić information content (AvgIpc) is 2.69. The summed E-state index contributed by atoms with van der Waals surface area (Å²) in [5.74, 6) is -1.88. The van der Waals surface area contributed by atoms with Crippen molar-refractivity contribution in [3.8, 4) is 22.3 Å². The fraction of sp³-hybridized carbons (Fsp3) is 0.154. The van der Waals surface area contributed by atoms with Gasteiger partial charge in [-0.25, -0.2) is 13.2 Å². The first kappa shape index (κ1) is 19.3.